The molecule has 27 heavy (non-hydrogen) atoms. The molecule has 1 aliphatic rings. The molecule has 0 saturated carbocycles. The number of hydrogen-bond donors (Lipinski definition) is 2. The van der Waals surface area contributed by atoms with Gasteiger partial charge in [-0.15, -0.1) is 0 Å². The van der Waals surface area contributed by atoms with E-state index < -0.39 is 0 Å². The molecule has 7 nitrogen and oxygen atoms in total. The second kappa shape index (κ2) is 7.11. The summed E-state index contributed by atoms with van der Waals surface area (Å²) in [6.45, 7) is 0.714. The molecule has 1 aromatic heterocycles. The lowest BCUT2D eigenvalue weighted by atomic mass is 9.98. The molecular formula is C20H20N4O3. The highest BCUT2D eigenvalue weighted by Gasteiger charge is 2.19. The fraction of sp³-hybridized carbons (Fsp3) is 0.250. The van der Waals surface area contributed by atoms with E-state index in [2.05, 4.69) is 20.5 Å². The molecule has 0 fully saturated rings. The molecule has 0 spiro atoms. The predicted octanol–water partition coefficient (Wildman–Crippen LogP) is 2.62. The van der Waals surface area contributed by atoms with Crippen molar-refractivity contribution in [2.24, 2.45) is 5.10 Å². The summed E-state index contributed by atoms with van der Waals surface area (Å²) in [6.07, 6.45) is 2.34. The van der Waals surface area contributed by atoms with Crippen molar-refractivity contribution in [2.75, 3.05) is 20.8 Å². The lowest BCUT2D eigenvalue weighted by Gasteiger charge is -2.13. The van der Waals surface area contributed by atoms with Crippen molar-refractivity contribution in [3.05, 3.63) is 53.3 Å². The molecule has 4 rings (SSSR count). The highest BCUT2D eigenvalue weighted by Crippen LogP contribution is 2.33. The monoisotopic (exact) mass is 364 g/mol. The van der Waals surface area contributed by atoms with Crippen molar-refractivity contribution >= 4 is 17.1 Å². The van der Waals surface area contributed by atoms with E-state index in [-0.39, 0.29) is 11.8 Å². The Morgan fingerprint density at radius 2 is 1.93 bits per heavy atom. The van der Waals surface area contributed by atoms with Gasteiger partial charge < -0.3 is 20.0 Å². The highest BCUT2D eigenvalue weighted by atomic mass is 16.5. The van der Waals surface area contributed by atoms with Gasteiger partial charge in [0, 0.05) is 25.1 Å². The van der Waals surface area contributed by atoms with E-state index >= 15 is 0 Å². The van der Waals surface area contributed by atoms with E-state index in [1.807, 2.05) is 42.6 Å². The quantitative estimate of drug-likeness (QED) is 0.723. The van der Waals surface area contributed by atoms with Crippen molar-refractivity contribution in [1.82, 2.24) is 15.4 Å². The summed E-state index contributed by atoms with van der Waals surface area (Å²) in [4.78, 5) is 8.93. The summed E-state index contributed by atoms with van der Waals surface area (Å²) in [6, 6.07) is 11.5. The summed E-state index contributed by atoms with van der Waals surface area (Å²) in [5.41, 5.74) is 5.56. The van der Waals surface area contributed by atoms with Crippen LogP contribution in [0.1, 0.15) is 22.9 Å². The molecule has 1 aliphatic heterocycles. The Morgan fingerprint density at radius 1 is 1.11 bits per heavy atom. The molecule has 2 aromatic carbocycles. The first-order valence-corrected chi connectivity index (χ1v) is 8.64. The minimum Gasteiger partial charge on any atom is -0.497 e. The number of nitrogens with zero attached hydrogens (tertiary/aromatic N) is 3. The third kappa shape index (κ3) is 3.36. The topological polar surface area (TPSA) is 88.9 Å². The second-order valence-electron chi connectivity index (χ2n) is 6.35. The summed E-state index contributed by atoms with van der Waals surface area (Å²) in [5.74, 6) is 2.00. The molecule has 0 amide bonds. The van der Waals surface area contributed by atoms with Crippen LogP contribution in [0.15, 0.2) is 41.5 Å². The fourth-order valence-electron chi connectivity index (χ4n) is 3.18. The van der Waals surface area contributed by atoms with Gasteiger partial charge in [-0.25, -0.2) is 4.98 Å². The minimum atomic E-state index is -0.0495. The molecule has 3 aromatic rings. The number of fused-ring (bicyclic) bond motifs is 1. The molecular weight excluding hydrogens is 344 g/mol. The van der Waals surface area contributed by atoms with Gasteiger partial charge in [-0.3, -0.25) is 0 Å². The first-order chi connectivity index (χ1) is 13.2. The molecule has 0 saturated heterocycles. The minimum absolute atomic E-state index is 0.0495. The molecule has 2 N–H and O–H groups in total. The second-order valence-corrected chi connectivity index (χ2v) is 6.35. The number of benzene rings is 2. The number of hydrazone groups is 1. The van der Waals surface area contributed by atoms with Gasteiger partial charge in [-0.2, -0.15) is 10.1 Å². The summed E-state index contributed by atoms with van der Waals surface area (Å²) >= 11 is 0. The van der Waals surface area contributed by atoms with E-state index in [4.69, 9.17) is 9.47 Å². The lowest BCUT2D eigenvalue weighted by Crippen LogP contribution is -2.09. The number of rotatable bonds is 5. The maximum atomic E-state index is 10.5. The molecule has 0 radical (unpaired) electrons. The molecule has 1 atom stereocenters. The third-order valence-corrected chi connectivity index (χ3v) is 4.64. The average Bonchev–Trinajstić information content (AvgIpc) is 3.23. The Balaban J connectivity index is 1.73. The van der Waals surface area contributed by atoms with Crippen molar-refractivity contribution in [2.45, 2.75) is 12.3 Å². The van der Waals surface area contributed by atoms with E-state index in [1.54, 1.807) is 14.2 Å². The number of hydrogen-bond acceptors (Lipinski definition) is 7. The van der Waals surface area contributed by atoms with Gasteiger partial charge in [0.25, 0.3) is 0 Å². The maximum Gasteiger partial charge on any atom is 0.222 e. The maximum absolute atomic E-state index is 10.5. The molecule has 138 valence electrons. The fourth-order valence-corrected chi connectivity index (χ4v) is 3.18. The zero-order valence-corrected chi connectivity index (χ0v) is 15.1. The Hall–Kier alpha value is -3.35. The zero-order valence-electron chi connectivity index (χ0n) is 15.1. The number of nitrogens with one attached hydrogen (secondary N) is 1. The van der Waals surface area contributed by atoms with Gasteiger partial charge in [-0.1, -0.05) is 12.1 Å². The van der Waals surface area contributed by atoms with Crippen LogP contribution in [0.25, 0.3) is 10.9 Å². The largest absolute Gasteiger partial charge is 0.497 e. The number of ether oxygens (including phenoxy) is 2. The number of methoxy groups -OCH3 is 2. The van der Waals surface area contributed by atoms with Crippen molar-refractivity contribution in [3.8, 4) is 17.4 Å². The Labute approximate surface area is 156 Å². The highest BCUT2D eigenvalue weighted by molar-refractivity contribution is 5.90. The molecule has 7 heteroatoms. The van der Waals surface area contributed by atoms with Crippen LogP contribution in [-0.4, -0.2) is 42.1 Å². The molecule has 2 heterocycles. The van der Waals surface area contributed by atoms with Crippen molar-refractivity contribution < 1.29 is 14.6 Å². The molecule has 0 aliphatic carbocycles. The van der Waals surface area contributed by atoms with Crippen LogP contribution in [0.2, 0.25) is 0 Å². The van der Waals surface area contributed by atoms with Gasteiger partial charge in [0.2, 0.25) is 5.88 Å². The van der Waals surface area contributed by atoms with Crippen LogP contribution in [0.4, 0.5) is 0 Å². The van der Waals surface area contributed by atoms with Gasteiger partial charge in [-0.05, 0) is 35.4 Å². The summed E-state index contributed by atoms with van der Waals surface area (Å²) in [5, 5.41) is 15.1. The van der Waals surface area contributed by atoms with E-state index in [0.717, 1.165) is 16.9 Å². The van der Waals surface area contributed by atoms with Crippen molar-refractivity contribution in [3.63, 3.8) is 0 Å². The average molecular weight is 364 g/mol. The van der Waals surface area contributed by atoms with Crippen LogP contribution in [0, 0.1) is 0 Å². The van der Waals surface area contributed by atoms with Gasteiger partial charge >= 0.3 is 0 Å². The van der Waals surface area contributed by atoms with Crippen LogP contribution in [0.3, 0.4) is 0 Å². The number of aromatic nitrogens is 2. The van der Waals surface area contributed by atoms with E-state index in [1.165, 1.54) is 0 Å². The SMILES string of the molecule is COc1ccc(Cc2nc(O)c3cc(C4C=NNC4)cc(OC)c3n2)cc1. The first-order valence-electron chi connectivity index (χ1n) is 8.64. The van der Waals surface area contributed by atoms with Crippen LogP contribution in [-0.2, 0) is 6.42 Å². The van der Waals surface area contributed by atoms with Gasteiger partial charge in [0.05, 0.1) is 19.6 Å². The number of aromatic hydroxyl groups is 1. The van der Waals surface area contributed by atoms with Crippen molar-refractivity contribution in [1.29, 1.82) is 0 Å². The predicted molar refractivity (Wildman–Crippen MR) is 103 cm³/mol. The van der Waals surface area contributed by atoms with Crippen LogP contribution < -0.4 is 14.9 Å². The normalized spacial score (nSPS) is 15.7. The van der Waals surface area contributed by atoms with Crippen LogP contribution >= 0.6 is 0 Å². The zero-order chi connectivity index (χ0) is 18.8. The van der Waals surface area contributed by atoms with Gasteiger partial charge in [0.1, 0.15) is 22.8 Å². The summed E-state index contributed by atoms with van der Waals surface area (Å²) < 4.78 is 10.7. The standard InChI is InChI=1S/C20H20N4O3/c1-26-15-5-3-12(4-6-15)7-18-23-19-16(20(25)24-18)8-13(9-17(19)27-2)14-10-21-22-11-14/h3-6,8-10,14,22H,7,11H2,1-2H3,(H,23,24,25). The molecule has 0 bridgehead atoms. The van der Waals surface area contributed by atoms with Gasteiger partial charge in [0.15, 0.2) is 0 Å². The van der Waals surface area contributed by atoms with E-state index in [9.17, 15) is 5.11 Å². The first kappa shape index (κ1) is 17.1. The third-order valence-electron chi connectivity index (χ3n) is 4.64. The van der Waals surface area contributed by atoms with Crippen LogP contribution in [0.5, 0.6) is 17.4 Å². The summed E-state index contributed by atoms with van der Waals surface area (Å²) in [7, 11) is 3.23. The Morgan fingerprint density at radius 3 is 2.59 bits per heavy atom. The smallest absolute Gasteiger partial charge is 0.222 e. The molecule has 1 unspecified atom stereocenters. The Kier molecular flexibility index (Phi) is 4.50. The lowest BCUT2D eigenvalue weighted by molar-refractivity contribution is 0.414. The van der Waals surface area contributed by atoms with E-state index in [0.29, 0.717) is 35.4 Å². The Bertz CT molecular complexity index is 1000.